The predicted octanol–water partition coefficient (Wildman–Crippen LogP) is 2.90. The van der Waals surface area contributed by atoms with Crippen LogP contribution in [0.3, 0.4) is 0 Å². The lowest BCUT2D eigenvalue weighted by molar-refractivity contribution is -0.0498. The number of carbonyl (C=O) groups excluding carboxylic acids is 1. The van der Waals surface area contributed by atoms with Crippen LogP contribution in [0.5, 0.6) is 5.75 Å². The van der Waals surface area contributed by atoms with Crippen molar-refractivity contribution in [2.75, 3.05) is 12.3 Å². The van der Waals surface area contributed by atoms with Crippen LogP contribution < -0.4 is 15.8 Å². The molecule has 0 fully saturated rings. The third-order valence-corrected chi connectivity index (χ3v) is 3.68. The van der Waals surface area contributed by atoms with E-state index in [0.29, 0.717) is 23.5 Å². The number of hydrogen-bond acceptors (Lipinski definition) is 4. The highest BCUT2D eigenvalue weighted by atomic mass is 32.1. The number of rotatable bonds is 6. The van der Waals surface area contributed by atoms with Gasteiger partial charge in [0.05, 0.1) is 5.69 Å². The first-order valence-electron chi connectivity index (χ1n) is 6.21. The van der Waals surface area contributed by atoms with Crippen LogP contribution in [0, 0.1) is 0 Å². The fourth-order valence-electron chi connectivity index (χ4n) is 1.74. The largest absolute Gasteiger partial charge is 0.435 e. The minimum atomic E-state index is -2.83. The van der Waals surface area contributed by atoms with Gasteiger partial charge in [0.15, 0.2) is 0 Å². The van der Waals surface area contributed by atoms with Gasteiger partial charge in [-0.15, -0.1) is 11.3 Å². The first kappa shape index (κ1) is 15.2. The Morgan fingerprint density at radius 3 is 2.57 bits per heavy atom. The van der Waals surface area contributed by atoms with Gasteiger partial charge in [0.25, 0.3) is 5.91 Å². The monoisotopic (exact) mass is 312 g/mol. The number of ether oxygens (including phenoxy) is 1. The van der Waals surface area contributed by atoms with Crippen LogP contribution in [0.2, 0.25) is 0 Å². The Kier molecular flexibility index (Phi) is 5.10. The third kappa shape index (κ3) is 4.42. The summed E-state index contributed by atoms with van der Waals surface area (Å²) in [5.41, 5.74) is 7.03. The number of thiophene rings is 1. The van der Waals surface area contributed by atoms with Crippen LogP contribution in [0.1, 0.15) is 15.2 Å². The van der Waals surface area contributed by atoms with Crippen LogP contribution in [-0.2, 0) is 6.42 Å². The fourth-order valence-corrected chi connectivity index (χ4v) is 2.48. The number of nitrogens with one attached hydrogen (secondary N) is 1. The molecule has 0 radical (unpaired) electrons. The highest BCUT2D eigenvalue weighted by molar-refractivity contribution is 7.12. The first-order valence-corrected chi connectivity index (χ1v) is 7.09. The number of nitrogens with two attached hydrogens (primary N) is 1. The smallest absolute Gasteiger partial charge is 0.387 e. The number of nitrogen functional groups attached to an aromatic ring is 1. The standard InChI is InChI=1S/C14H14F2N2O2S/c15-14(16)20-10-3-1-9(2-4-10)5-7-18-13(19)12-11(17)6-8-21-12/h1-4,6,8,14H,5,7,17H2,(H,18,19). The first-order chi connectivity index (χ1) is 10.1. The zero-order valence-corrected chi connectivity index (χ0v) is 11.8. The maximum Gasteiger partial charge on any atom is 0.387 e. The van der Waals surface area contributed by atoms with Crippen molar-refractivity contribution in [2.45, 2.75) is 13.0 Å². The van der Waals surface area contributed by atoms with Gasteiger partial charge in [0.1, 0.15) is 10.6 Å². The van der Waals surface area contributed by atoms with Crippen molar-refractivity contribution in [1.82, 2.24) is 5.32 Å². The maximum absolute atomic E-state index is 12.0. The third-order valence-electron chi connectivity index (χ3n) is 2.75. The molecule has 21 heavy (non-hydrogen) atoms. The molecule has 2 aromatic rings. The summed E-state index contributed by atoms with van der Waals surface area (Å²) in [6, 6.07) is 8.00. The molecule has 3 N–H and O–H groups in total. The van der Waals surface area contributed by atoms with E-state index in [0.717, 1.165) is 5.56 Å². The van der Waals surface area contributed by atoms with Crippen LogP contribution in [-0.4, -0.2) is 19.1 Å². The molecule has 7 heteroatoms. The molecule has 0 aliphatic heterocycles. The molecule has 0 saturated carbocycles. The average Bonchev–Trinajstić information content (AvgIpc) is 2.86. The second-order valence-corrected chi connectivity index (χ2v) is 5.15. The fraction of sp³-hybridized carbons (Fsp3) is 0.214. The Morgan fingerprint density at radius 1 is 1.29 bits per heavy atom. The lowest BCUT2D eigenvalue weighted by Crippen LogP contribution is -2.25. The van der Waals surface area contributed by atoms with E-state index in [2.05, 4.69) is 10.1 Å². The van der Waals surface area contributed by atoms with Crippen molar-refractivity contribution in [2.24, 2.45) is 0 Å². The van der Waals surface area contributed by atoms with Gasteiger partial charge < -0.3 is 15.8 Å². The predicted molar refractivity (Wildman–Crippen MR) is 77.8 cm³/mol. The second kappa shape index (κ2) is 7.03. The number of anilines is 1. The van der Waals surface area contributed by atoms with Crippen LogP contribution in [0.4, 0.5) is 14.5 Å². The van der Waals surface area contributed by atoms with Crippen molar-refractivity contribution in [1.29, 1.82) is 0 Å². The minimum absolute atomic E-state index is 0.115. The zero-order chi connectivity index (χ0) is 15.2. The van der Waals surface area contributed by atoms with E-state index in [4.69, 9.17) is 5.73 Å². The lowest BCUT2D eigenvalue weighted by Gasteiger charge is -2.07. The van der Waals surface area contributed by atoms with Gasteiger partial charge in [0, 0.05) is 6.54 Å². The van der Waals surface area contributed by atoms with E-state index in [-0.39, 0.29) is 11.7 Å². The van der Waals surface area contributed by atoms with E-state index in [1.165, 1.54) is 23.5 Å². The molecule has 1 aromatic carbocycles. The number of carbonyl (C=O) groups is 1. The Hall–Kier alpha value is -2.15. The molecule has 0 aliphatic carbocycles. The van der Waals surface area contributed by atoms with Crippen molar-refractivity contribution in [3.05, 3.63) is 46.2 Å². The molecule has 0 atom stereocenters. The summed E-state index contributed by atoms with van der Waals surface area (Å²) < 4.78 is 28.3. The van der Waals surface area contributed by atoms with Gasteiger partial charge in [0.2, 0.25) is 0 Å². The van der Waals surface area contributed by atoms with E-state index in [1.54, 1.807) is 23.6 Å². The van der Waals surface area contributed by atoms with E-state index >= 15 is 0 Å². The van der Waals surface area contributed by atoms with Crippen LogP contribution in [0.15, 0.2) is 35.7 Å². The Morgan fingerprint density at radius 2 is 2.00 bits per heavy atom. The van der Waals surface area contributed by atoms with Crippen LogP contribution >= 0.6 is 11.3 Å². The molecule has 0 aliphatic rings. The SMILES string of the molecule is Nc1ccsc1C(=O)NCCc1ccc(OC(F)F)cc1. The van der Waals surface area contributed by atoms with Crippen molar-refractivity contribution in [3.8, 4) is 5.75 Å². The molecule has 0 bridgehead atoms. The van der Waals surface area contributed by atoms with Crippen molar-refractivity contribution in [3.63, 3.8) is 0 Å². The normalized spacial score (nSPS) is 10.6. The molecule has 0 saturated heterocycles. The van der Waals surface area contributed by atoms with E-state index in [1.807, 2.05) is 0 Å². The molecule has 1 heterocycles. The molecule has 4 nitrogen and oxygen atoms in total. The molecule has 2 rings (SSSR count). The Bertz CT molecular complexity index is 599. The Balaban J connectivity index is 1.81. The number of hydrogen-bond donors (Lipinski definition) is 2. The van der Waals surface area contributed by atoms with E-state index in [9.17, 15) is 13.6 Å². The summed E-state index contributed by atoms with van der Waals surface area (Å²) in [6.45, 7) is -2.39. The molecule has 112 valence electrons. The highest BCUT2D eigenvalue weighted by Crippen LogP contribution is 2.18. The zero-order valence-electron chi connectivity index (χ0n) is 11.0. The second-order valence-electron chi connectivity index (χ2n) is 4.23. The summed E-state index contributed by atoms with van der Waals surface area (Å²) in [6.07, 6.45) is 0.589. The van der Waals surface area contributed by atoms with Gasteiger partial charge in [-0.25, -0.2) is 0 Å². The van der Waals surface area contributed by atoms with Gasteiger partial charge in [-0.05, 0) is 35.6 Å². The molecular formula is C14H14F2N2O2S. The van der Waals surface area contributed by atoms with Gasteiger partial charge >= 0.3 is 6.61 Å². The van der Waals surface area contributed by atoms with Gasteiger partial charge in [-0.1, -0.05) is 12.1 Å². The summed E-state index contributed by atoms with van der Waals surface area (Å²) in [7, 11) is 0. The van der Waals surface area contributed by atoms with Crippen molar-refractivity contribution < 1.29 is 18.3 Å². The lowest BCUT2D eigenvalue weighted by atomic mass is 10.1. The number of benzene rings is 1. The summed E-state index contributed by atoms with van der Waals surface area (Å²) in [5.74, 6) is -0.0932. The van der Waals surface area contributed by atoms with Crippen molar-refractivity contribution >= 4 is 22.9 Å². The molecule has 1 amide bonds. The van der Waals surface area contributed by atoms with E-state index < -0.39 is 6.61 Å². The summed E-state index contributed by atoms with van der Waals surface area (Å²) in [4.78, 5) is 12.3. The molecule has 0 unspecified atom stereocenters. The summed E-state index contributed by atoms with van der Waals surface area (Å²) in [5, 5.41) is 4.52. The number of amides is 1. The minimum Gasteiger partial charge on any atom is -0.435 e. The number of alkyl halides is 2. The summed E-state index contributed by atoms with van der Waals surface area (Å²) >= 11 is 1.29. The van der Waals surface area contributed by atoms with Gasteiger partial charge in [-0.2, -0.15) is 8.78 Å². The average molecular weight is 312 g/mol. The Labute approximate surface area is 124 Å². The van der Waals surface area contributed by atoms with Gasteiger partial charge in [-0.3, -0.25) is 4.79 Å². The topological polar surface area (TPSA) is 64.4 Å². The van der Waals surface area contributed by atoms with Crippen LogP contribution in [0.25, 0.3) is 0 Å². The quantitative estimate of drug-likeness (QED) is 0.862. The molecule has 0 spiro atoms. The maximum atomic E-state index is 12.0. The molecular weight excluding hydrogens is 298 g/mol. The molecule has 1 aromatic heterocycles. The number of halogens is 2. The highest BCUT2D eigenvalue weighted by Gasteiger charge is 2.10.